The fourth-order valence-corrected chi connectivity index (χ4v) is 3.05. The Morgan fingerprint density at radius 3 is 2.76 bits per heavy atom. The molecule has 1 aliphatic heterocycles. The number of carbonyl (C=O) groups excluding carboxylic acids is 2. The molecule has 1 saturated heterocycles. The van der Waals surface area contributed by atoms with E-state index in [0.717, 1.165) is 19.3 Å². The van der Waals surface area contributed by atoms with Crippen LogP contribution >= 0.6 is 0 Å². The Balaban J connectivity index is 1.73. The van der Waals surface area contributed by atoms with Crippen molar-refractivity contribution in [2.24, 2.45) is 5.92 Å². The molecule has 2 amide bonds. The predicted octanol–water partition coefficient (Wildman–Crippen LogP) is 0.789. The fraction of sp³-hybridized carbons (Fsp3) is 0.667. The van der Waals surface area contributed by atoms with Gasteiger partial charge in [-0.05, 0) is 31.2 Å². The smallest absolute Gasteiger partial charge is 0.245 e. The maximum absolute atomic E-state index is 12.6. The highest BCUT2D eigenvalue weighted by atomic mass is 16.2. The lowest BCUT2D eigenvalue weighted by Crippen LogP contribution is -2.64. The third-order valence-electron chi connectivity index (χ3n) is 4.28. The normalized spacial score (nSPS) is 26.0. The van der Waals surface area contributed by atoms with Crippen LogP contribution in [0.3, 0.4) is 0 Å². The van der Waals surface area contributed by atoms with Crippen LogP contribution in [-0.4, -0.2) is 45.1 Å². The van der Waals surface area contributed by atoms with Crippen LogP contribution in [0.2, 0.25) is 0 Å². The molecule has 1 N–H and O–H groups in total. The summed E-state index contributed by atoms with van der Waals surface area (Å²) in [5.74, 6) is 0.436. The van der Waals surface area contributed by atoms with Gasteiger partial charge in [-0.1, -0.05) is 13.3 Å². The number of hydrogen-bond acceptors (Lipinski definition) is 3. The fourth-order valence-electron chi connectivity index (χ4n) is 3.05. The first kappa shape index (κ1) is 14.1. The number of rotatable bonds is 6. The van der Waals surface area contributed by atoms with E-state index >= 15 is 0 Å². The topological polar surface area (TPSA) is 67.2 Å². The molecule has 2 unspecified atom stereocenters. The first-order valence-corrected chi connectivity index (χ1v) is 7.79. The highest BCUT2D eigenvalue weighted by Crippen LogP contribution is 2.37. The van der Waals surface area contributed by atoms with Crippen LogP contribution in [-0.2, 0) is 16.1 Å². The van der Waals surface area contributed by atoms with E-state index in [1.807, 2.05) is 19.2 Å². The lowest BCUT2D eigenvalue weighted by Gasteiger charge is -2.39. The van der Waals surface area contributed by atoms with Crippen molar-refractivity contribution >= 4 is 11.8 Å². The summed E-state index contributed by atoms with van der Waals surface area (Å²) in [7, 11) is 0. The van der Waals surface area contributed by atoms with Crippen LogP contribution in [0.5, 0.6) is 0 Å². The summed E-state index contributed by atoms with van der Waals surface area (Å²) in [5.41, 5.74) is 0. The lowest BCUT2D eigenvalue weighted by molar-refractivity contribution is -0.150. The monoisotopic (exact) mass is 290 g/mol. The number of nitrogens with one attached hydrogen (secondary N) is 1. The summed E-state index contributed by atoms with van der Waals surface area (Å²) in [6.07, 6.45) is 7.29. The van der Waals surface area contributed by atoms with Crippen molar-refractivity contribution in [2.75, 3.05) is 6.54 Å². The van der Waals surface area contributed by atoms with E-state index in [0.29, 0.717) is 25.4 Å². The number of nitrogens with zero attached hydrogens (tertiary/aromatic N) is 3. The standard InChI is InChI=1S/C15H22N4O2/c1-2-4-12-15(21)19(10-9-18-8-3-7-16-18)13(11-5-6-11)14(20)17-12/h3,7-8,11-13H,2,4-6,9-10H2,1H3,(H,17,20). The zero-order valence-corrected chi connectivity index (χ0v) is 12.4. The molecule has 2 atom stereocenters. The minimum Gasteiger partial charge on any atom is -0.342 e. The van der Waals surface area contributed by atoms with E-state index in [9.17, 15) is 9.59 Å². The molecule has 1 aromatic heterocycles. The van der Waals surface area contributed by atoms with Crippen LogP contribution < -0.4 is 5.32 Å². The molecule has 114 valence electrons. The maximum atomic E-state index is 12.6. The van der Waals surface area contributed by atoms with Gasteiger partial charge < -0.3 is 10.2 Å². The molecule has 0 bridgehead atoms. The molecule has 3 rings (SSSR count). The lowest BCUT2D eigenvalue weighted by atomic mass is 10.0. The molecule has 21 heavy (non-hydrogen) atoms. The van der Waals surface area contributed by atoms with Gasteiger partial charge in [-0.2, -0.15) is 5.10 Å². The van der Waals surface area contributed by atoms with Gasteiger partial charge in [0.25, 0.3) is 0 Å². The van der Waals surface area contributed by atoms with Crippen molar-refractivity contribution in [1.29, 1.82) is 0 Å². The molecular weight excluding hydrogens is 268 g/mol. The molecule has 6 heteroatoms. The SMILES string of the molecule is CCCC1NC(=O)C(C2CC2)N(CCn2cccn2)C1=O. The molecule has 0 radical (unpaired) electrons. The van der Waals surface area contributed by atoms with Gasteiger partial charge in [0, 0.05) is 18.9 Å². The molecule has 0 aromatic carbocycles. The van der Waals surface area contributed by atoms with Gasteiger partial charge in [0.05, 0.1) is 6.54 Å². The number of hydrogen-bond donors (Lipinski definition) is 1. The van der Waals surface area contributed by atoms with E-state index in [1.54, 1.807) is 15.8 Å². The zero-order valence-electron chi connectivity index (χ0n) is 12.4. The van der Waals surface area contributed by atoms with Crippen molar-refractivity contribution in [3.8, 4) is 0 Å². The Morgan fingerprint density at radius 2 is 2.14 bits per heavy atom. The Kier molecular flexibility index (Phi) is 3.94. The van der Waals surface area contributed by atoms with Crippen molar-refractivity contribution in [3.05, 3.63) is 18.5 Å². The molecule has 0 spiro atoms. The minimum atomic E-state index is -0.352. The summed E-state index contributed by atoms with van der Waals surface area (Å²) in [5, 5.41) is 7.07. The van der Waals surface area contributed by atoms with Crippen LogP contribution in [0, 0.1) is 5.92 Å². The van der Waals surface area contributed by atoms with Crippen molar-refractivity contribution in [1.82, 2.24) is 20.0 Å². The van der Waals surface area contributed by atoms with E-state index in [2.05, 4.69) is 10.4 Å². The second-order valence-corrected chi connectivity index (χ2v) is 5.93. The average molecular weight is 290 g/mol. The molecule has 2 aliphatic rings. The Morgan fingerprint density at radius 1 is 1.33 bits per heavy atom. The third kappa shape index (κ3) is 2.94. The van der Waals surface area contributed by atoms with E-state index in [4.69, 9.17) is 0 Å². The summed E-state index contributed by atoms with van der Waals surface area (Å²) in [4.78, 5) is 26.8. The largest absolute Gasteiger partial charge is 0.342 e. The summed E-state index contributed by atoms with van der Waals surface area (Å²) < 4.78 is 1.80. The van der Waals surface area contributed by atoms with E-state index in [1.165, 1.54) is 0 Å². The van der Waals surface area contributed by atoms with Crippen molar-refractivity contribution in [3.63, 3.8) is 0 Å². The molecule has 6 nitrogen and oxygen atoms in total. The zero-order chi connectivity index (χ0) is 14.8. The van der Waals surface area contributed by atoms with Gasteiger partial charge in [-0.25, -0.2) is 0 Å². The van der Waals surface area contributed by atoms with Crippen molar-refractivity contribution < 1.29 is 9.59 Å². The second-order valence-electron chi connectivity index (χ2n) is 5.93. The van der Waals surface area contributed by atoms with Crippen LogP contribution in [0.25, 0.3) is 0 Å². The van der Waals surface area contributed by atoms with Gasteiger partial charge in [0.1, 0.15) is 12.1 Å². The van der Waals surface area contributed by atoms with E-state index in [-0.39, 0.29) is 23.9 Å². The van der Waals surface area contributed by atoms with Gasteiger partial charge in [0.15, 0.2) is 0 Å². The van der Waals surface area contributed by atoms with Crippen LogP contribution in [0.4, 0.5) is 0 Å². The molecule has 1 saturated carbocycles. The highest BCUT2D eigenvalue weighted by Gasteiger charge is 2.47. The molecular formula is C15H22N4O2. The number of aromatic nitrogens is 2. The van der Waals surface area contributed by atoms with Crippen LogP contribution in [0.1, 0.15) is 32.6 Å². The Labute approximate surface area is 124 Å². The summed E-state index contributed by atoms with van der Waals surface area (Å²) in [6.45, 7) is 3.21. The molecule has 1 aromatic rings. The first-order valence-electron chi connectivity index (χ1n) is 7.79. The van der Waals surface area contributed by atoms with Gasteiger partial charge in [-0.3, -0.25) is 14.3 Å². The van der Waals surface area contributed by atoms with Crippen molar-refractivity contribution in [2.45, 2.75) is 51.2 Å². The highest BCUT2D eigenvalue weighted by molar-refractivity contribution is 5.97. The predicted molar refractivity (Wildman–Crippen MR) is 77.3 cm³/mol. The number of carbonyl (C=O) groups is 2. The van der Waals surface area contributed by atoms with Crippen LogP contribution in [0.15, 0.2) is 18.5 Å². The molecule has 2 fully saturated rings. The maximum Gasteiger partial charge on any atom is 0.245 e. The first-order chi connectivity index (χ1) is 10.2. The second kappa shape index (κ2) is 5.87. The minimum absolute atomic E-state index is 0.0241. The number of piperazine rings is 1. The molecule has 1 aliphatic carbocycles. The van der Waals surface area contributed by atoms with Gasteiger partial charge in [0.2, 0.25) is 11.8 Å². The van der Waals surface area contributed by atoms with Gasteiger partial charge in [-0.15, -0.1) is 0 Å². The summed E-state index contributed by atoms with van der Waals surface area (Å²) >= 11 is 0. The van der Waals surface area contributed by atoms with E-state index < -0.39 is 0 Å². The number of amides is 2. The Hall–Kier alpha value is -1.85. The van der Waals surface area contributed by atoms with Gasteiger partial charge >= 0.3 is 0 Å². The third-order valence-corrected chi connectivity index (χ3v) is 4.28. The Bertz CT molecular complexity index is 510. The average Bonchev–Trinajstić information content (AvgIpc) is 3.16. The quantitative estimate of drug-likeness (QED) is 0.842. The summed E-state index contributed by atoms with van der Waals surface area (Å²) in [6, 6.07) is 1.24. The molecule has 2 heterocycles.